The Morgan fingerprint density at radius 3 is 2.44 bits per heavy atom. The van der Waals surface area contributed by atoms with E-state index in [1.807, 2.05) is 24.3 Å². The van der Waals surface area contributed by atoms with Gasteiger partial charge in [0.05, 0.1) is 11.4 Å². The first kappa shape index (κ1) is 27.2. The predicted octanol–water partition coefficient (Wildman–Crippen LogP) is 2.60. The number of amides is 4. The summed E-state index contributed by atoms with van der Waals surface area (Å²) in [5.41, 5.74) is 4.50. The summed E-state index contributed by atoms with van der Waals surface area (Å²) < 4.78 is 5.66. The smallest absolute Gasteiger partial charge is 0.407 e. The number of hydrogen-bond acceptors (Lipinski definition) is 6. The minimum Gasteiger partial charge on any atom is -0.449 e. The van der Waals surface area contributed by atoms with Gasteiger partial charge in [0.15, 0.2) is 0 Å². The van der Waals surface area contributed by atoms with E-state index in [1.54, 1.807) is 16.7 Å². The lowest BCUT2D eigenvalue weighted by Gasteiger charge is -2.37. The summed E-state index contributed by atoms with van der Waals surface area (Å²) >= 11 is 1.55. The maximum atomic E-state index is 13.5. The molecular formula is C31H32N4O5S. The van der Waals surface area contributed by atoms with Crippen LogP contribution in [0.25, 0.3) is 11.1 Å². The predicted molar refractivity (Wildman–Crippen MR) is 155 cm³/mol. The van der Waals surface area contributed by atoms with Crippen LogP contribution in [0.15, 0.2) is 48.5 Å². The van der Waals surface area contributed by atoms with E-state index in [0.717, 1.165) is 22.3 Å². The number of rotatable bonds is 7. The molecule has 6 rings (SSSR count). The molecule has 5 unspecified atom stereocenters. The third kappa shape index (κ3) is 5.26. The van der Waals surface area contributed by atoms with Crippen molar-refractivity contribution in [1.29, 1.82) is 0 Å². The van der Waals surface area contributed by atoms with E-state index in [1.165, 1.54) is 0 Å². The number of carbonyl (C=O) groups excluding carboxylic acids is 4. The zero-order valence-electron chi connectivity index (χ0n) is 22.5. The number of nitrogens with one attached hydrogen (secondary N) is 3. The van der Waals surface area contributed by atoms with Crippen LogP contribution < -0.4 is 16.0 Å². The van der Waals surface area contributed by atoms with E-state index < -0.39 is 24.2 Å². The topological polar surface area (TPSA) is 117 Å². The molecule has 10 heteroatoms. The quantitative estimate of drug-likeness (QED) is 0.440. The number of piperidine rings is 1. The van der Waals surface area contributed by atoms with Gasteiger partial charge in [-0.15, -0.1) is 18.2 Å². The van der Waals surface area contributed by atoms with Crippen molar-refractivity contribution in [2.24, 2.45) is 5.92 Å². The molecule has 41 heavy (non-hydrogen) atoms. The Balaban J connectivity index is 1.06. The summed E-state index contributed by atoms with van der Waals surface area (Å²) in [6.45, 7) is 0.760. The van der Waals surface area contributed by atoms with Gasteiger partial charge in [0.1, 0.15) is 18.7 Å². The largest absolute Gasteiger partial charge is 0.449 e. The highest BCUT2D eigenvalue weighted by atomic mass is 32.2. The lowest BCUT2D eigenvalue weighted by atomic mass is 9.98. The molecule has 3 heterocycles. The monoisotopic (exact) mass is 572 g/mol. The summed E-state index contributed by atoms with van der Waals surface area (Å²) in [6, 6.07) is 14.1. The van der Waals surface area contributed by atoms with Gasteiger partial charge in [0, 0.05) is 24.1 Å². The molecule has 3 saturated heterocycles. The van der Waals surface area contributed by atoms with Gasteiger partial charge in [-0.1, -0.05) is 54.5 Å². The zero-order valence-corrected chi connectivity index (χ0v) is 23.3. The van der Waals surface area contributed by atoms with Crippen molar-refractivity contribution in [2.75, 3.05) is 18.9 Å². The van der Waals surface area contributed by atoms with Gasteiger partial charge in [-0.25, -0.2) is 4.79 Å². The maximum Gasteiger partial charge on any atom is 0.407 e. The number of fused-ring (bicyclic) bond motifs is 4. The van der Waals surface area contributed by atoms with Crippen LogP contribution in [0.2, 0.25) is 0 Å². The Kier molecular flexibility index (Phi) is 7.63. The summed E-state index contributed by atoms with van der Waals surface area (Å²) in [4.78, 5) is 53.1. The van der Waals surface area contributed by atoms with Gasteiger partial charge < -0.3 is 25.6 Å². The lowest BCUT2D eigenvalue weighted by Crippen LogP contribution is -2.59. The van der Waals surface area contributed by atoms with Crippen molar-refractivity contribution in [3.63, 3.8) is 0 Å². The molecule has 3 aliphatic heterocycles. The molecule has 0 saturated carbocycles. The molecule has 9 nitrogen and oxygen atoms in total. The number of terminal acetylenes is 1. The highest BCUT2D eigenvalue weighted by Gasteiger charge is 2.47. The Hall–Kier alpha value is -3.97. The summed E-state index contributed by atoms with van der Waals surface area (Å²) in [6.07, 6.45) is 7.16. The molecule has 5 atom stereocenters. The van der Waals surface area contributed by atoms with Crippen LogP contribution in [0.3, 0.4) is 0 Å². The minimum atomic E-state index is -0.776. The van der Waals surface area contributed by atoms with Crippen molar-refractivity contribution >= 4 is 35.6 Å². The molecule has 2 aromatic carbocycles. The van der Waals surface area contributed by atoms with Crippen molar-refractivity contribution < 1.29 is 23.9 Å². The molecule has 0 spiro atoms. The second-order valence-corrected chi connectivity index (χ2v) is 12.1. The molecule has 3 N–H and O–H groups in total. The van der Waals surface area contributed by atoms with E-state index in [4.69, 9.17) is 11.2 Å². The normalized spacial score (nSPS) is 25.4. The summed E-state index contributed by atoms with van der Waals surface area (Å²) in [5.74, 6) is 2.02. The van der Waals surface area contributed by atoms with Crippen LogP contribution in [0.1, 0.15) is 42.7 Å². The van der Waals surface area contributed by atoms with Crippen molar-refractivity contribution in [1.82, 2.24) is 20.9 Å². The second-order valence-electron chi connectivity index (χ2n) is 10.9. The van der Waals surface area contributed by atoms with Crippen LogP contribution in [-0.4, -0.2) is 71.1 Å². The number of alkyl carbamates (subject to hydrolysis) is 1. The van der Waals surface area contributed by atoms with Gasteiger partial charge in [-0.05, 0) is 47.9 Å². The highest BCUT2D eigenvalue weighted by molar-refractivity contribution is 8.00. The first-order valence-corrected chi connectivity index (χ1v) is 15.1. The van der Waals surface area contributed by atoms with Crippen LogP contribution in [0.5, 0.6) is 0 Å². The van der Waals surface area contributed by atoms with Crippen LogP contribution in [0.4, 0.5) is 4.79 Å². The molecule has 4 amide bonds. The fourth-order valence-corrected chi connectivity index (χ4v) is 7.83. The average molecular weight is 573 g/mol. The van der Waals surface area contributed by atoms with Gasteiger partial charge in [-0.2, -0.15) is 0 Å². The van der Waals surface area contributed by atoms with Gasteiger partial charge in [0.25, 0.3) is 0 Å². The molecule has 3 fully saturated rings. The third-order valence-electron chi connectivity index (χ3n) is 8.49. The van der Waals surface area contributed by atoms with Crippen LogP contribution in [0, 0.1) is 18.3 Å². The Morgan fingerprint density at radius 2 is 1.78 bits per heavy atom. The maximum absolute atomic E-state index is 13.5. The average Bonchev–Trinajstić information content (AvgIpc) is 3.69. The number of thioether (sulfide) groups is 1. The Morgan fingerprint density at radius 1 is 1.07 bits per heavy atom. The molecule has 1 aliphatic carbocycles. The van der Waals surface area contributed by atoms with E-state index in [0.29, 0.717) is 38.0 Å². The first-order valence-electron chi connectivity index (χ1n) is 14.0. The van der Waals surface area contributed by atoms with Crippen molar-refractivity contribution in [2.45, 2.75) is 55.1 Å². The first-order chi connectivity index (χ1) is 19.9. The number of carbonyl (C=O) groups is 4. The van der Waals surface area contributed by atoms with Gasteiger partial charge >= 0.3 is 6.09 Å². The number of benzene rings is 2. The minimum absolute atomic E-state index is 0.0515. The lowest BCUT2D eigenvalue weighted by molar-refractivity contribution is -0.143. The Labute approximate surface area is 243 Å². The van der Waals surface area contributed by atoms with Crippen LogP contribution >= 0.6 is 11.8 Å². The van der Waals surface area contributed by atoms with Crippen molar-refractivity contribution in [3.8, 4) is 23.5 Å². The van der Waals surface area contributed by atoms with E-state index >= 15 is 0 Å². The van der Waals surface area contributed by atoms with E-state index in [9.17, 15) is 19.2 Å². The number of ether oxygens (including phenoxy) is 1. The number of nitrogens with zero attached hydrogens (tertiary/aromatic N) is 1. The molecule has 0 radical (unpaired) electrons. The SMILES string of the molecule is C#CC(CC1CCNC1=O)NC(=O)C1CSC2CCC(NC(=O)OCC3c4ccccc4-c4ccccc43)C(=O)N21. The zero-order chi connectivity index (χ0) is 28.5. The third-order valence-corrected chi connectivity index (χ3v) is 9.84. The summed E-state index contributed by atoms with van der Waals surface area (Å²) in [7, 11) is 0. The second kappa shape index (κ2) is 11.5. The Bertz CT molecular complexity index is 1380. The van der Waals surface area contributed by atoms with Gasteiger partial charge in [-0.3, -0.25) is 14.4 Å². The van der Waals surface area contributed by atoms with Gasteiger partial charge in [0.2, 0.25) is 17.7 Å². The van der Waals surface area contributed by atoms with Crippen molar-refractivity contribution in [3.05, 3.63) is 59.7 Å². The van der Waals surface area contributed by atoms with E-state index in [2.05, 4.69) is 46.1 Å². The molecular weight excluding hydrogens is 540 g/mol. The van der Waals surface area contributed by atoms with E-state index in [-0.39, 0.29) is 41.5 Å². The molecule has 4 aliphatic rings. The highest BCUT2D eigenvalue weighted by Crippen LogP contribution is 2.44. The number of hydrogen-bond donors (Lipinski definition) is 3. The fraction of sp³-hybridized carbons (Fsp3) is 0.419. The molecule has 0 aromatic heterocycles. The summed E-state index contributed by atoms with van der Waals surface area (Å²) in [5, 5.41) is 8.25. The fourth-order valence-electron chi connectivity index (χ4n) is 6.40. The molecule has 0 bridgehead atoms. The molecule has 212 valence electrons. The van der Waals surface area contributed by atoms with Crippen LogP contribution in [-0.2, 0) is 19.1 Å². The molecule has 2 aromatic rings. The standard InChI is InChI=1S/C31H32N4O5S/c1-2-19(15-18-13-14-32-28(18)36)33-29(37)26-17-41-27-12-11-25(30(38)35(26)27)34-31(39)40-16-24-22-9-5-3-7-20(22)21-8-4-6-10-23(21)24/h1,3-10,18-19,24-27H,11-17H2,(H,32,36)(H,33,37)(H,34,39).